The average molecular weight is 280 g/mol. The van der Waals surface area contributed by atoms with Gasteiger partial charge in [0.15, 0.2) is 0 Å². The summed E-state index contributed by atoms with van der Waals surface area (Å²) in [5.41, 5.74) is 9.31. The lowest BCUT2D eigenvalue weighted by Crippen LogP contribution is -2.11. The number of H-pyrrole nitrogens is 1. The van der Waals surface area contributed by atoms with E-state index in [9.17, 15) is 4.79 Å². The van der Waals surface area contributed by atoms with Crippen molar-refractivity contribution >= 4 is 28.3 Å². The van der Waals surface area contributed by atoms with Crippen molar-refractivity contribution in [3.63, 3.8) is 0 Å². The molecule has 0 radical (unpaired) electrons. The van der Waals surface area contributed by atoms with Crippen molar-refractivity contribution in [3.8, 4) is 0 Å². The molecule has 21 heavy (non-hydrogen) atoms. The fourth-order valence-electron chi connectivity index (χ4n) is 2.19. The Labute approximate surface area is 122 Å². The summed E-state index contributed by atoms with van der Waals surface area (Å²) in [7, 11) is 0. The molecule has 1 aromatic heterocycles. The smallest absolute Gasteiger partial charge is 0.255 e. The number of fused-ring (bicyclic) bond motifs is 1. The van der Waals surface area contributed by atoms with E-state index in [4.69, 9.17) is 5.73 Å². The van der Waals surface area contributed by atoms with Crippen LogP contribution in [0.2, 0.25) is 0 Å². The molecule has 5 heteroatoms. The van der Waals surface area contributed by atoms with Crippen LogP contribution in [-0.4, -0.2) is 15.9 Å². The SMILES string of the molecule is CCc1nc2ccc(C(=O)Nc3cccc(N)c3)cc2[nH]1. The van der Waals surface area contributed by atoms with Gasteiger partial charge in [-0.05, 0) is 36.4 Å². The van der Waals surface area contributed by atoms with E-state index in [-0.39, 0.29) is 5.91 Å². The van der Waals surface area contributed by atoms with Crippen LogP contribution in [0.3, 0.4) is 0 Å². The summed E-state index contributed by atoms with van der Waals surface area (Å²) in [5.74, 6) is 0.744. The van der Waals surface area contributed by atoms with Crippen LogP contribution in [0.1, 0.15) is 23.1 Å². The highest BCUT2D eigenvalue weighted by atomic mass is 16.1. The molecular formula is C16H16N4O. The number of carbonyl (C=O) groups is 1. The molecule has 0 saturated carbocycles. The minimum Gasteiger partial charge on any atom is -0.399 e. The van der Waals surface area contributed by atoms with E-state index in [2.05, 4.69) is 15.3 Å². The standard InChI is InChI=1S/C16H16N4O/c1-2-15-19-13-7-6-10(8-14(13)20-15)16(21)18-12-5-3-4-11(17)9-12/h3-9H,2,17H2,1H3,(H,18,21)(H,19,20). The molecule has 3 aromatic rings. The van der Waals surface area contributed by atoms with Crippen molar-refractivity contribution in [2.24, 2.45) is 0 Å². The lowest BCUT2D eigenvalue weighted by Gasteiger charge is -2.05. The summed E-state index contributed by atoms with van der Waals surface area (Å²) >= 11 is 0. The van der Waals surface area contributed by atoms with Gasteiger partial charge in [0.2, 0.25) is 0 Å². The third kappa shape index (κ3) is 2.72. The van der Waals surface area contributed by atoms with Gasteiger partial charge in [-0.3, -0.25) is 4.79 Å². The second-order valence-corrected chi connectivity index (χ2v) is 4.85. The summed E-state index contributed by atoms with van der Waals surface area (Å²) in [6.45, 7) is 2.03. The second kappa shape index (κ2) is 5.28. The molecule has 0 unspecified atom stereocenters. The number of aromatic amines is 1. The molecule has 0 aliphatic heterocycles. The maximum absolute atomic E-state index is 12.3. The van der Waals surface area contributed by atoms with Gasteiger partial charge in [-0.15, -0.1) is 0 Å². The molecule has 2 aromatic carbocycles. The Balaban J connectivity index is 1.87. The maximum Gasteiger partial charge on any atom is 0.255 e. The fraction of sp³-hybridized carbons (Fsp3) is 0.125. The zero-order valence-electron chi connectivity index (χ0n) is 11.7. The molecule has 0 spiro atoms. The second-order valence-electron chi connectivity index (χ2n) is 4.85. The molecule has 0 atom stereocenters. The van der Waals surface area contributed by atoms with Crippen LogP contribution >= 0.6 is 0 Å². The Bertz CT molecular complexity index is 807. The van der Waals surface area contributed by atoms with E-state index in [1.165, 1.54) is 0 Å². The zero-order valence-corrected chi connectivity index (χ0v) is 11.7. The van der Waals surface area contributed by atoms with Crippen LogP contribution in [0.5, 0.6) is 0 Å². The van der Waals surface area contributed by atoms with Crippen LogP contribution < -0.4 is 11.1 Å². The van der Waals surface area contributed by atoms with Gasteiger partial charge in [-0.25, -0.2) is 4.98 Å². The zero-order chi connectivity index (χ0) is 14.8. The minimum absolute atomic E-state index is 0.171. The largest absolute Gasteiger partial charge is 0.399 e. The third-order valence-corrected chi connectivity index (χ3v) is 3.27. The van der Waals surface area contributed by atoms with Gasteiger partial charge in [-0.1, -0.05) is 13.0 Å². The minimum atomic E-state index is -0.171. The van der Waals surface area contributed by atoms with E-state index >= 15 is 0 Å². The number of carbonyl (C=O) groups excluding carboxylic acids is 1. The first-order chi connectivity index (χ1) is 10.2. The van der Waals surface area contributed by atoms with Crippen molar-refractivity contribution in [2.45, 2.75) is 13.3 Å². The van der Waals surface area contributed by atoms with Crippen molar-refractivity contribution in [3.05, 3.63) is 53.9 Å². The van der Waals surface area contributed by atoms with Gasteiger partial charge < -0.3 is 16.0 Å². The number of amides is 1. The van der Waals surface area contributed by atoms with Gasteiger partial charge >= 0.3 is 0 Å². The predicted molar refractivity (Wildman–Crippen MR) is 84.3 cm³/mol. The van der Waals surface area contributed by atoms with E-state index < -0.39 is 0 Å². The Morgan fingerprint density at radius 3 is 2.90 bits per heavy atom. The number of aryl methyl sites for hydroxylation is 1. The number of nitrogens with one attached hydrogen (secondary N) is 2. The third-order valence-electron chi connectivity index (χ3n) is 3.27. The van der Waals surface area contributed by atoms with E-state index in [0.29, 0.717) is 16.9 Å². The number of hydrogen-bond donors (Lipinski definition) is 3. The lowest BCUT2D eigenvalue weighted by atomic mass is 10.2. The molecule has 4 N–H and O–H groups in total. The molecule has 0 bridgehead atoms. The number of hydrogen-bond acceptors (Lipinski definition) is 3. The van der Waals surface area contributed by atoms with Gasteiger partial charge in [0, 0.05) is 23.4 Å². The number of imidazole rings is 1. The monoisotopic (exact) mass is 280 g/mol. The quantitative estimate of drug-likeness (QED) is 0.645. The first kappa shape index (κ1) is 13.2. The van der Waals surface area contributed by atoms with Gasteiger partial charge in [-0.2, -0.15) is 0 Å². The van der Waals surface area contributed by atoms with Gasteiger partial charge in [0.25, 0.3) is 5.91 Å². The summed E-state index contributed by atoms with van der Waals surface area (Å²) in [4.78, 5) is 19.9. The van der Waals surface area contributed by atoms with Crippen LogP contribution in [0.4, 0.5) is 11.4 Å². The van der Waals surface area contributed by atoms with Crippen LogP contribution in [0, 0.1) is 0 Å². The van der Waals surface area contributed by atoms with Gasteiger partial charge in [0.1, 0.15) is 5.82 Å². The number of nitrogen functional groups attached to an aromatic ring is 1. The predicted octanol–water partition coefficient (Wildman–Crippen LogP) is 2.96. The van der Waals surface area contributed by atoms with Crippen molar-refractivity contribution in [1.82, 2.24) is 9.97 Å². The summed E-state index contributed by atoms with van der Waals surface area (Å²) < 4.78 is 0. The van der Waals surface area contributed by atoms with Crippen molar-refractivity contribution < 1.29 is 4.79 Å². The Kier molecular flexibility index (Phi) is 3.31. The first-order valence-electron chi connectivity index (χ1n) is 6.81. The van der Waals surface area contributed by atoms with E-state index in [1.54, 1.807) is 30.3 Å². The number of anilines is 2. The Morgan fingerprint density at radius 1 is 1.29 bits per heavy atom. The maximum atomic E-state index is 12.3. The molecule has 0 aliphatic carbocycles. The number of nitrogens with two attached hydrogens (primary N) is 1. The van der Waals surface area contributed by atoms with Crippen molar-refractivity contribution in [2.75, 3.05) is 11.1 Å². The molecular weight excluding hydrogens is 264 g/mol. The van der Waals surface area contributed by atoms with E-state index in [1.807, 2.05) is 19.1 Å². The van der Waals surface area contributed by atoms with Crippen LogP contribution in [0.25, 0.3) is 11.0 Å². The average Bonchev–Trinajstić information content (AvgIpc) is 2.89. The fourth-order valence-corrected chi connectivity index (χ4v) is 2.19. The van der Waals surface area contributed by atoms with E-state index in [0.717, 1.165) is 23.3 Å². The molecule has 5 nitrogen and oxygen atoms in total. The molecule has 3 rings (SSSR count). The molecule has 0 saturated heterocycles. The highest BCUT2D eigenvalue weighted by Gasteiger charge is 2.09. The molecule has 1 heterocycles. The van der Waals surface area contributed by atoms with Crippen molar-refractivity contribution in [1.29, 1.82) is 0 Å². The summed E-state index contributed by atoms with van der Waals surface area (Å²) in [6.07, 6.45) is 0.833. The summed E-state index contributed by atoms with van der Waals surface area (Å²) in [5, 5.41) is 2.83. The van der Waals surface area contributed by atoms with Gasteiger partial charge in [0.05, 0.1) is 11.0 Å². The van der Waals surface area contributed by atoms with Crippen LogP contribution in [0.15, 0.2) is 42.5 Å². The highest BCUT2D eigenvalue weighted by Crippen LogP contribution is 2.17. The molecule has 1 amide bonds. The molecule has 106 valence electrons. The lowest BCUT2D eigenvalue weighted by molar-refractivity contribution is 0.102. The normalized spacial score (nSPS) is 10.7. The number of benzene rings is 2. The number of rotatable bonds is 3. The number of aromatic nitrogens is 2. The Morgan fingerprint density at radius 2 is 2.14 bits per heavy atom. The first-order valence-corrected chi connectivity index (χ1v) is 6.81. The highest BCUT2D eigenvalue weighted by molar-refractivity contribution is 6.06. The van der Waals surface area contributed by atoms with Crippen LogP contribution in [-0.2, 0) is 6.42 Å². The number of nitrogens with zero attached hydrogens (tertiary/aromatic N) is 1. The summed E-state index contributed by atoms with van der Waals surface area (Å²) in [6, 6.07) is 12.5. The topological polar surface area (TPSA) is 83.8 Å². The molecule has 0 aliphatic rings. The Hall–Kier alpha value is -2.82. The molecule has 0 fully saturated rings.